The summed E-state index contributed by atoms with van der Waals surface area (Å²) in [4.78, 5) is 11.5. The lowest BCUT2D eigenvalue weighted by molar-refractivity contribution is 0.0525. The van der Waals surface area contributed by atoms with Gasteiger partial charge in [0.2, 0.25) is 5.01 Å². The molecule has 1 aromatic rings. The molecular formula is C13H20N2O3S. The van der Waals surface area contributed by atoms with Crippen LogP contribution in [-0.2, 0) is 4.74 Å². The van der Waals surface area contributed by atoms with Crippen LogP contribution in [-0.4, -0.2) is 28.9 Å². The number of esters is 1. The Hall–Kier alpha value is -1.17. The van der Waals surface area contributed by atoms with Crippen LogP contribution in [0.15, 0.2) is 0 Å². The molecule has 0 spiro atoms. The first-order valence-corrected chi connectivity index (χ1v) is 7.71. The Bertz CT molecular complexity index is 422. The van der Waals surface area contributed by atoms with Crippen LogP contribution in [0.3, 0.4) is 0 Å². The minimum Gasteiger partial charge on any atom is -0.466 e. The summed E-state index contributed by atoms with van der Waals surface area (Å²) in [7, 11) is 0. The average Bonchev–Trinajstić information content (AvgIpc) is 2.88. The Morgan fingerprint density at radius 1 is 1.37 bits per heavy atom. The van der Waals surface area contributed by atoms with Crippen LogP contribution in [0.25, 0.3) is 0 Å². The molecule has 0 aromatic carbocycles. The van der Waals surface area contributed by atoms with Crippen molar-refractivity contribution in [1.82, 2.24) is 10.2 Å². The molecule has 2 atom stereocenters. The molecule has 106 valence electrons. The van der Waals surface area contributed by atoms with Gasteiger partial charge in [0.25, 0.3) is 5.19 Å². The van der Waals surface area contributed by atoms with Gasteiger partial charge in [-0.15, -0.1) is 5.10 Å². The van der Waals surface area contributed by atoms with E-state index in [0.717, 1.165) is 30.1 Å². The third kappa shape index (κ3) is 3.89. The van der Waals surface area contributed by atoms with Gasteiger partial charge in [0.1, 0.15) is 6.10 Å². The van der Waals surface area contributed by atoms with Crippen LogP contribution >= 0.6 is 11.3 Å². The largest absolute Gasteiger partial charge is 0.466 e. The number of nitrogens with zero attached hydrogens (tertiary/aromatic N) is 2. The van der Waals surface area contributed by atoms with Crippen LogP contribution < -0.4 is 4.74 Å². The number of aromatic nitrogens is 2. The molecule has 5 nitrogen and oxygen atoms in total. The molecule has 0 saturated heterocycles. The molecule has 0 amide bonds. The summed E-state index contributed by atoms with van der Waals surface area (Å²) in [5.41, 5.74) is 0. The Labute approximate surface area is 117 Å². The van der Waals surface area contributed by atoms with Crippen LogP contribution in [0.5, 0.6) is 5.19 Å². The fraction of sp³-hybridized carbons (Fsp3) is 0.769. The fourth-order valence-electron chi connectivity index (χ4n) is 2.39. The molecule has 1 aliphatic carbocycles. The zero-order valence-electron chi connectivity index (χ0n) is 11.4. The zero-order valence-corrected chi connectivity index (χ0v) is 12.2. The summed E-state index contributed by atoms with van der Waals surface area (Å²) in [6, 6.07) is 0. The van der Waals surface area contributed by atoms with Gasteiger partial charge >= 0.3 is 5.97 Å². The fourth-order valence-corrected chi connectivity index (χ4v) is 3.05. The maximum absolute atomic E-state index is 11.5. The predicted molar refractivity (Wildman–Crippen MR) is 72.5 cm³/mol. The summed E-state index contributed by atoms with van der Waals surface area (Å²) in [5, 5.41) is 8.46. The second-order valence-electron chi connectivity index (χ2n) is 4.77. The van der Waals surface area contributed by atoms with E-state index in [9.17, 15) is 4.79 Å². The number of rotatable bonds is 5. The van der Waals surface area contributed by atoms with Crippen molar-refractivity contribution in [3.05, 3.63) is 5.01 Å². The van der Waals surface area contributed by atoms with Gasteiger partial charge in [0, 0.05) is 0 Å². The highest BCUT2D eigenvalue weighted by molar-refractivity contribution is 7.14. The molecule has 2 unspecified atom stereocenters. The van der Waals surface area contributed by atoms with Gasteiger partial charge in [-0.05, 0) is 43.4 Å². The van der Waals surface area contributed by atoms with Crippen molar-refractivity contribution < 1.29 is 14.3 Å². The first-order chi connectivity index (χ1) is 9.22. The summed E-state index contributed by atoms with van der Waals surface area (Å²) in [5.74, 6) is 0.320. The lowest BCUT2D eigenvalue weighted by atomic mass is 9.86. The molecule has 1 aliphatic rings. The van der Waals surface area contributed by atoms with E-state index in [1.54, 1.807) is 6.92 Å². The molecule has 0 aliphatic heterocycles. The Morgan fingerprint density at radius 2 is 2.21 bits per heavy atom. The maximum atomic E-state index is 11.5. The van der Waals surface area contributed by atoms with E-state index in [0.29, 0.717) is 11.8 Å². The van der Waals surface area contributed by atoms with Gasteiger partial charge in [-0.2, -0.15) is 0 Å². The lowest BCUT2D eigenvalue weighted by Crippen LogP contribution is -2.25. The summed E-state index contributed by atoms with van der Waals surface area (Å²) < 4.78 is 10.7. The highest BCUT2D eigenvalue weighted by atomic mass is 32.1. The Kier molecular flexibility index (Phi) is 5.13. The average molecular weight is 284 g/mol. The van der Waals surface area contributed by atoms with Crippen LogP contribution in [0, 0.1) is 5.92 Å². The van der Waals surface area contributed by atoms with Gasteiger partial charge in [-0.25, -0.2) is 4.79 Å². The van der Waals surface area contributed by atoms with Crippen molar-refractivity contribution in [2.75, 3.05) is 6.61 Å². The number of hydrogen-bond donors (Lipinski definition) is 0. The quantitative estimate of drug-likeness (QED) is 0.778. The van der Waals surface area contributed by atoms with Crippen molar-refractivity contribution in [1.29, 1.82) is 0 Å². The summed E-state index contributed by atoms with van der Waals surface area (Å²) in [6.07, 6.45) is 6.04. The van der Waals surface area contributed by atoms with Crippen LogP contribution in [0.1, 0.15) is 55.8 Å². The number of hydrogen-bond acceptors (Lipinski definition) is 6. The first-order valence-electron chi connectivity index (χ1n) is 6.90. The van der Waals surface area contributed by atoms with Crippen LogP contribution in [0.4, 0.5) is 0 Å². The van der Waals surface area contributed by atoms with E-state index in [1.165, 1.54) is 19.3 Å². The van der Waals surface area contributed by atoms with E-state index in [4.69, 9.17) is 9.47 Å². The van der Waals surface area contributed by atoms with Crippen LogP contribution in [0.2, 0.25) is 0 Å². The van der Waals surface area contributed by atoms with Gasteiger partial charge in [-0.3, -0.25) is 0 Å². The second-order valence-corrected chi connectivity index (χ2v) is 5.71. The Balaban J connectivity index is 1.90. The van der Waals surface area contributed by atoms with E-state index in [1.807, 2.05) is 0 Å². The lowest BCUT2D eigenvalue weighted by Gasteiger charge is -2.27. The second kappa shape index (κ2) is 6.84. The first kappa shape index (κ1) is 14.2. The molecule has 1 aromatic heterocycles. The van der Waals surface area contributed by atoms with Crippen molar-refractivity contribution in [2.45, 2.75) is 52.1 Å². The SMILES string of the molecule is CCOC(=O)c1nnc(OC2CCCC(CC)C2)s1. The molecule has 1 fully saturated rings. The summed E-state index contributed by atoms with van der Waals surface area (Å²) >= 11 is 1.16. The van der Waals surface area contributed by atoms with E-state index < -0.39 is 5.97 Å². The third-order valence-corrected chi connectivity index (χ3v) is 4.23. The van der Waals surface area contributed by atoms with Gasteiger partial charge in [0.15, 0.2) is 0 Å². The number of carbonyl (C=O) groups excluding carboxylic acids is 1. The monoisotopic (exact) mass is 284 g/mol. The molecule has 6 heteroatoms. The molecule has 0 N–H and O–H groups in total. The van der Waals surface area contributed by atoms with E-state index >= 15 is 0 Å². The maximum Gasteiger partial charge on any atom is 0.369 e. The van der Waals surface area contributed by atoms with E-state index in [-0.39, 0.29) is 11.1 Å². The smallest absolute Gasteiger partial charge is 0.369 e. The van der Waals surface area contributed by atoms with Gasteiger partial charge in [-0.1, -0.05) is 24.9 Å². The molecule has 2 rings (SSSR count). The standard InChI is InChI=1S/C13H20N2O3S/c1-3-9-6-5-7-10(8-9)18-13-15-14-11(19-13)12(16)17-4-2/h9-10H,3-8H2,1-2H3. The van der Waals surface area contributed by atoms with E-state index in [2.05, 4.69) is 17.1 Å². The number of carbonyl (C=O) groups is 1. The number of ether oxygens (including phenoxy) is 2. The molecule has 19 heavy (non-hydrogen) atoms. The minimum atomic E-state index is -0.426. The van der Waals surface area contributed by atoms with Crippen molar-refractivity contribution in [2.24, 2.45) is 5.92 Å². The molecule has 0 radical (unpaired) electrons. The van der Waals surface area contributed by atoms with Gasteiger partial charge < -0.3 is 9.47 Å². The zero-order chi connectivity index (χ0) is 13.7. The van der Waals surface area contributed by atoms with Crippen molar-refractivity contribution >= 4 is 17.3 Å². The molecule has 1 saturated carbocycles. The molecule has 0 bridgehead atoms. The van der Waals surface area contributed by atoms with Crippen molar-refractivity contribution in [3.63, 3.8) is 0 Å². The van der Waals surface area contributed by atoms with Crippen molar-refractivity contribution in [3.8, 4) is 5.19 Å². The third-order valence-electron chi connectivity index (χ3n) is 3.44. The summed E-state index contributed by atoms with van der Waals surface area (Å²) in [6.45, 7) is 4.33. The molecule has 1 heterocycles. The predicted octanol–water partition coefficient (Wildman–Crippen LogP) is 3.06. The Morgan fingerprint density at radius 3 is 2.95 bits per heavy atom. The molecular weight excluding hydrogens is 264 g/mol. The normalized spacial score (nSPS) is 23.1. The topological polar surface area (TPSA) is 61.3 Å². The highest BCUT2D eigenvalue weighted by Gasteiger charge is 2.24. The minimum absolute atomic E-state index is 0.210. The highest BCUT2D eigenvalue weighted by Crippen LogP contribution is 2.30. The van der Waals surface area contributed by atoms with Gasteiger partial charge in [0.05, 0.1) is 6.61 Å².